The molecular formula is C29H17N3O5. The molecule has 4 aromatic rings. The third-order valence-corrected chi connectivity index (χ3v) is 6.32. The molecule has 0 fully saturated rings. The van der Waals surface area contributed by atoms with E-state index in [1.54, 1.807) is 84.9 Å². The maximum atomic E-state index is 13.1. The summed E-state index contributed by atoms with van der Waals surface area (Å²) in [4.78, 5) is 66.5. The number of carbonyl (C=O) groups is 5. The second-order valence-corrected chi connectivity index (χ2v) is 8.54. The molecule has 8 nitrogen and oxygen atoms in total. The molecule has 0 saturated heterocycles. The molecule has 0 radical (unpaired) electrons. The van der Waals surface area contributed by atoms with Gasteiger partial charge in [-0.3, -0.25) is 24.0 Å². The Balaban J connectivity index is 1.24. The molecule has 0 aromatic heterocycles. The van der Waals surface area contributed by atoms with E-state index in [0.717, 1.165) is 9.80 Å². The predicted molar refractivity (Wildman–Crippen MR) is 136 cm³/mol. The average molecular weight is 487 g/mol. The number of carbonyl (C=O) groups excluding carboxylic acids is 5. The number of nitrogens with zero attached hydrogens (tertiary/aromatic N) is 2. The van der Waals surface area contributed by atoms with Crippen molar-refractivity contribution < 1.29 is 24.0 Å². The minimum Gasteiger partial charge on any atom is -0.322 e. The standard InChI is InChI=1S/C29H17N3O5/c33-25(17-7-5-9-19(15-17)31-26(34)21-11-1-2-12-22(21)27(31)35)30-18-8-6-10-20(16-18)32-28(36)23-13-3-4-14-24(23)29(32)37/h1-16H,(H,30,33). The Labute approximate surface area is 210 Å². The lowest BCUT2D eigenvalue weighted by molar-refractivity contribution is 0.0910. The minimum absolute atomic E-state index is 0.222. The van der Waals surface area contributed by atoms with E-state index in [-0.39, 0.29) is 11.3 Å². The van der Waals surface area contributed by atoms with Crippen LogP contribution < -0.4 is 15.1 Å². The SMILES string of the molecule is O=C(Nc1cccc(N2C(=O)c3ccccc3C2=O)c1)c1cccc(N2C(=O)c3ccccc3C2=O)c1. The van der Waals surface area contributed by atoms with E-state index in [0.29, 0.717) is 33.6 Å². The zero-order valence-corrected chi connectivity index (χ0v) is 19.2. The molecule has 2 aliphatic heterocycles. The fourth-order valence-corrected chi connectivity index (χ4v) is 4.56. The molecule has 5 amide bonds. The van der Waals surface area contributed by atoms with Gasteiger partial charge in [0.05, 0.1) is 33.6 Å². The van der Waals surface area contributed by atoms with Gasteiger partial charge in [-0.05, 0) is 60.7 Å². The van der Waals surface area contributed by atoms with Gasteiger partial charge in [0.25, 0.3) is 29.5 Å². The van der Waals surface area contributed by atoms with Crippen LogP contribution in [0, 0.1) is 0 Å². The van der Waals surface area contributed by atoms with Gasteiger partial charge in [-0.25, -0.2) is 9.80 Å². The smallest absolute Gasteiger partial charge is 0.266 e. The fraction of sp³-hybridized carbons (Fsp3) is 0. The molecule has 37 heavy (non-hydrogen) atoms. The molecule has 0 saturated carbocycles. The number of imide groups is 2. The second-order valence-electron chi connectivity index (χ2n) is 8.54. The summed E-state index contributed by atoms with van der Waals surface area (Å²) in [5.74, 6) is -2.26. The molecule has 4 aromatic carbocycles. The Morgan fingerprint density at radius 3 is 1.43 bits per heavy atom. The van der Waals surface area contributed by atoms with E-state index < -0.39 is 29.5 Å². The van der Waals surface area contributed by atoms with Gasteiger partial charge >= 0.3 is 0 Å². The number of nitrogens with one attached hydrogen (secondary N) is 1. The van der Waals surface area contributed by atoms with Gasteiger partial charge in [0.15, 0.2) is 0 Å². The summed E-state index contributed by atoms with van der Waals surface area (Å²) in [6.07, 6.45) is 0. The maximum absolute atomic E-state index is 13.1. The molecule has 178 valence electrons. The highest BCUT2D eigenvalue weighted by molar-refractivity contribution is 6.35. The number of rotatable bonds is 4. The molecule has 0 atom stereocenters. The molecule has 1 N–H and O–H groups in total. The van der Waals surface area contributed by atoms with Crippen molar-refractivity contribution in [3.63, 3.8) is 0 Å². The van der Waals surface area contributed by atoms with Crippen molar-refractivity contribution in [2.75, 3.05) is 15.1 Å². The Bertz CT molecular complexity index is 1610. The molecule has 0 spiro atoms. The Morgan fingerprint density at radius 1 is 0.514 bits per heavy atom. The summed E-state index contributed by atoms with van der Waals surface area (Å²) < 4.78 is 0. The summed E-state index contributed by atoms with van der Waals surface area (Å²) in [6, 6.07) is 25.7. The van der Waals surface area contributed by atoms with Gasteiger partial charge in [0.2, 0.25) is 0 Å². The highest BCUT2D eigenvalue weighted by Crippen LogP contribution is 2.31. The molecule has 2 aliphatic rings. The molecule has 0 bridgehead atoms. The zero-order valence-electron chi connectivity index (χ0n) is 19.2. The summed E-state index contributed by atoms with van der Waals surface area (Å²) in [7, 11) is 0. The quantitative estimate of drug-likeness (QED) is 0.426. The summed E-state index contributed by atoms with van der Waals surface area (Å²) in [6.45, 7) is 0. The van der Waals surface area contributed by atoms with Crippen molar-refractivity contribution >= 4 is 46.6 Å². The summed E-state index contributed by atoms with van der Waals surface area (Å²) in [5, 5.41) is 2.75. The topological polar surface area (TPSA) is 104 Å². The van der Waals surface area contributed by atoms with Crippen LogP contribution in [0.3, 0.4) is 0 Å². The Kier molecular flexibility index (Phi) is 5.01. The average Bonchev–Trinajstić information content (AvgIpc) is 3.33. The van der Waals surface area contributed by atoms with E-state index in [2.05, 4.69) is 5.32 Å². The first-order valence-corrected chi connectivity index (χ1v) is 11.4. The number of anilines is 3. The van der Waals surface area contributed by atoms with Gasteiger partial charge in [-0.2, -0.15) is 0 Å². The van der Waals surface area contributed by atoms with Crippen molar-refractivity contribution in [1.82, 2.24) is 0 Å². The summed E-state index contributed by atoms with van der Waals surface area (Å²) in [5.41, 5.74) is 2.46. The predicted octanol–water partition coefficient (Wildman–Crippen LogP) is 4.54. The third-order valence-electron chi connectivity index (χ3n) is 6.32. The Hall–Kier alpha value is -5.37. The lowest BCUT2D eigenvalue weighted by Gasteiger charge is -2.16. The first kappa shape index (κ1) is 22.1. The molecule has 6 rings (SSSR count). The van der Waals surface area contributed by atoms with E-state index in [1.165, 1.54) is 12.1 Å². The monoisotopic (exact) mass is 487 g/mol. The second kappa shape index (κ2) is 8.39. The van der Waals surface area contributed by atoms with Gasteiger partial charge in [-0.1, -0.05) is 36.4 Å². The van der Waals surface area contributed by atoms with Crippen molar-refractivity contribution in [2.45, 2.75) is 0 Å². The molecule has 2 heterocycles. The van der Waals surface area contributed by atoms with Gasteiger partial charge in [0, 0.05) is 11.3 Å². The van der Waals surface area contributed by atoms with Crippen LogP contribution >= 0.6 is 0 Å². The normalized spacial score (nSPS) is 14.2. The fourth-order valence-electron chi connectivity index (χ4n) is 4.56. The van der Waals surface area contributed by atoms with Crippen molar-refractivity contribution in [3.05, 3.63) is 125 Å². The number of amides is 5. The van der Waals surface area contributed by atoms with Crippen LogP contribution in [0.1, 0.15) is 51.8 Å². The number of benzene rings is 4. The molecular weight excluding hydrogens is 470 g/mol. The highest BCUT2D eigenvalue weighted by atomic mass is 16.2. The number of hydrogen-bond acceptors (Lipinski definition) is 5. The van der Waals surface area contributed by atoms with Gasteiger partial charge in [0.1, 0.15) is 0 Å². The van der Waals surface area contributed by atoms with E-state index in [4.69, 9.17) is 0 Å². The van der Waals surface area contributed by atoms with Crippen LogP contribution in [0.2, 0.25) is 0 Å². The van der Waals surface area contributed by atoms with Crippen molar-refractivity contribution in [1.29, 1.82) is 0 Å². The van der Waals surface area contributed by atoms with Crippen LogP contribution in [-0.2, 0) is 0 Å². The Morgan fingerprint density at radius 2 is 0.946 bits per heavy atom. The molecule has 8 heteroatoms. The van der Waals surface area contributed by atoms with Crippen LogP contribution in [0.15, 0.2) is 97.1 Å². The largest absolute Gasteiger partial charge is 0.322 e. The number of fused-ring (bicyclic) bond motifs is 2. The minimum atomic E-state index is -0.488. The number of hydrogen-bond donors (Lipinski definition) is 1. The highest BCUT2D eigenvalue weighted by Gasteiger charge is 2.37. The van der Waals surface area contributed by atoms with Crippen LogP contribution in [0.25, 0.3) is 0 Å². The third kappa shape index (κ3) is 3.51. The van der Waals surface area contributed by atoms with E-state index in [9.17, 15) is 24.0 Å². The first-order chi connectivity index (χ1) is 17.9. The lowest BCUT2D eigenvalue weighted by Crippen LogP contribution is -2.29. The van der Waals surface area contributed by atoms with Crippen LogP contribution in [-0.4, -0.2) is 29.5 Å². The van der Waals surface area contributed by atoms with Gasteiger partial charge in [-0.15, -0.1) is 0 Å². The van der Waals surface area contributed by atoms with Crippen molar-refractivity contribution in [3.8, 4) is 0 Å². The van der Waals surface area contributed by atoms with Gasteiger partial charge < -0.3 is 5.32 Å². The molecule has 0 aliphatic carbocycles. The summed E-state index contributed by atoms with van der Waals surface area (Å²) >= 11 is 0. The van der Waals surface area contributed by atoms with E-state index >= 15 is 0 Å². The zero-order chi connectivity index (χ0) is 25.7. The lowest BCUT2D eigenvalue weighted by atomic mass is 10.1. The maximum Gasteiger partial charge on any atom is 0.266 e. The van der Waals surface area contributed by atoms with Crippen LogP contribution in [0.4, 0.5) is 17.1 Å². The van der Waals surface area contributed by atoms with Crippen LogP contribution in [0.5, 0.6) is 0 Å². The molecule has 0 unspecified atom stereocenters. The van der Waals surface area contributed by atoms with Crippen molar-refractivity contribution in [2.24, 2.45) is 0 Å². The first-order valence-electron chi connectivity index (χ1n) is 11.4. The van der Waals surface area contributed by atoms with E-state index in [1.807, 2.05) is 0 Å².